The second-order valence-electron chi connectivity index (χ2n) is 5.29. The normalized spacial score (nSPS) is 13.5. The first-order chi connectivity index (χ1) is 11.1. The minimum Gasteiger partial charge on any atom is -0.623 e. The maximum Gasteiger partial charge on any atom is 0.266 e. The van der Waals surface area contributed by atoms with Gasteiger partial charge in [-0.05, 0) is 31.2 Å². The van der Waals surface area contributed by atoms with Crippen molar-refractivity contribution >= 4 is 17.3 Å². The van der Waals surface area contributed by atoms with E-state index in [4.69, 9.17) is 11.6 Å². The van der Waals surface area contributed by atoms with Gasteiger partial charge in [0.15, 0.2) is 5.82 Å². The minimum absolute atomic E-state index is 0.119. The van der Waals surface area contributed by atoms with Crippen LogP contribution in [0, 0.1) is 12.1 Å². The number of aryl methyl sites for hydroxylation is 1. The Hall–Kier alpha value is -2.73. The van der Waals surface area contributed by atoms with Crippen LogP contribution in [0.25, 0.3) is 5.69 Å². The summed E-state index contributed by atoms with van der Waals surface area (Å²) in [6, 6.07) is 7.15. The van der Waals surface area contributed by atoms with E-state index in [0.717, 1.165) is 16.1 Å². The standard InChI is InChI=1S/C16H12ClN5O/c1-10-8-21-13-4-3-11(17)7-12(13)15(16-18-5-2-6-19-16)22(23)9-14(21)20-10/h2-8H,9H2,1H3. The molecule has 4 rings (SSSR count). The van der Waals surface area contributed by atoms with Crippen molar-refractivity contribution in [1.82, 2.24) is 19.5 Å². The van der Waals surface area contributed by atoms with Gasteiger partial charge in [-0.1, -0.05) is 11.6 Å². The van der Waals surface area contributed by atoms with Crippen LogP contribution in [-0.4, -0.2) is 30.0 Å². The smallest absolute Gasteiger partial charge is 0.266 e. The molecule has 1 aromatic carbocycles. The Morgan fingerprint density at radius 3 is 2.83 bits per heavy atom. The lowest BCUT2D eigenvalue weighted by Crippen LogP contribution is -2.20. The van der Waals surface area contributed by atoms with Gasteiger partial charge in [-0.15, -0.1) is 0 Å². The topological polar surface area (TPSA) is 69.7 Å². The fourth-order valence-corrected chi connectivity index (χ4v) is 2.94. The van der Waals surface area contributed by atoms with Crippen LogP contribution in [0.2, 0.25) is 5.02 Å². The third kappa shape index (κ3) is 2.27. The molecule has 23 heavy (non-hydrogen) atoms. The minimum atomic E-state index is 0.119. The second-order valence-corrected chi connectivity index (χ2v) is 5.72. The molecule has 0 fully saturated rings. The van der Waals surface area contributed by atoms with Gasteiger partial charge in [-0.2, -0.15) is 4.74 Å². The van der Waals surface area contributed by atoms with E-state index in [1.807, 2.05) is 23.8 Å². The molecule has 0 N–H and O–H groups in total. The summed E-state index contributed by atoms with van der Waals surface area (Å²) in [4.78, 5) is 12.9. The fourth-order valence-electron chi connectivity index (χ4n) is 2.77. The number of imidazole rings is 1. The summed E-state index contributed by atoms with van der Waals surface area (Å²) in [6.45, 7) is 2.02. The molecule has 0 radical (unpaired) electrons. The molecule has 1 aliphatic heterocycles. The first-order valence-corrected chi connectivity index (χ1v) is 7.45. The lowest BCUT2D eigenvalue weighted by Gasteiger charge is -2.09. The van der Waals surface area contributed by atoms with E-state index in [0.29, 0.717) is 27.9 Å². The monoisotopic (exact) mass is 325 g/mol. The van der Waals surface area contributed by atoms with Crippen LogP contribution in [0.4, 0.5) is 0 Å². The van der Waals surface area contributed by atoms with E-state index >= 15 is 0 Å². The molecule has 0 bridgehead atoms. The molecular formula is C16H12ClN5O. The molecule has 1 aliphatic rings. The van der Waals surface area contributed by atoms with Crippen LogP contribution in [0.1, 0.15) is 22.9 Å². The zero-order valence-corrected chi connectivity index (χ0v) is 13.0. The van der Waals surface area contributed by atoms with Crippen LogP contribution < -0.4 is 0 Å². The Kier molecular flexibility index (Phi) is 3.12. The highest BCUT2D eigenvalue weighted by atomic mass is 35.5. The van der Waals surface area contributed by atoms with Crippen molar-refractivity contribution in [3.8, 4) is 5.69 Å². The van der Waals surface area contributed by atoms with Gasteiger partial charge < -0.3 is 5.21 Å². The Morgan fingerprint density at radius 1 is 1.26 bits per heavy atom. The Labute approximate surface area is 137 Å². The number of hydrogen-bond acceptors (Lipinski definition) is 4. The number of nitrogens with zero attached hydrogens (tertiary/aromatic N) is 5. The number of hydrogen-bond donors (Lipinski definition) is 0. The van der Waals surface area contributed by atoms with Crippen molar-refractivity contribution in [2.24, 2.45) is 0 Å². The molecule has 0 atom stereocenters. The highest BCUT2D eigenvalue weighted by Crippen LogP contribution is 2.26. The molecule has 0 saturated carbocycles. The van der Waals surface area contributed by atoms with E-state index in [-0.39, 0.29) is 6.54 Å². The molecule has 0 amide bonds. The van der Waals surface area contributed by atoms with Crippen molar-refractivity contribution in [3.63, 3.8) is 0 Å². The van der Waals surface area contributed by atoms with Crippen LogP contribution in [0.5, 0.6) is 0 Å². The average Bonchev–Trinajstić information content (AvgIpc) is 2.84. The number of fused-ring (bicyclic) bond motifs is 3. The maximum atomic E-state index is 12.8. The number of benzene rings is 1. The third-order valence-corrected chi connectivity index (χ3v) is 3.92. The summed E-state index contributed by atoms with van der Waals surface area (Å²) in [5.41, 5.74) is 2.78. The average molecular weight is 326 g/mol. The first kappa shape index (κ1) is 13.9. The molecular weight excluding hydrogens is 314 g/mol. The van der Waals surface area contributed by atoms with E-state index in [2.05, 4.69) is 15.0 Å². The largest absolute Gasteiger partial charge is 0.623 e. The molecule has 0 unspecified atom stereocenters. The maximum absolute atomic E-state index is 12.8. The first-order valence-electron chi connectivity index (χ1n) is 7.07. The summed E-state index contributed by atoms with van der Waals surface area (Å²) in [5, 5.41) is 13.3. The Balaban J connectivity index is 2.05. The summed E-state index contributed by atoms with van der Waals surface area (Å²) in [7, 11) is 0. The van der Waals surface area contributed by atoms with Crippen LogP contribution in [0.3, 0.4) is 0 Å². The van der Waals surface area contributed by atoms with Crippen molar-refractivity contribution in [1.29, 1.82) is 0 Å². The Morgan fingerprint density at radius 2 is 2.04 bits per heavy atom. The predicted octanol–water partition coefficient (Wildman–Crippen LogP) is 2.49. The van der Waals surface area contributed by atoms with Gasteiger partial charge in [-0.25, -0.2) is 15.0 Å². The molecule has 0 saturated heterocycles. The van der Waals surface area contributed by atoms with Crippen molar-refractivity contribution < 1.29 is 4.74 Å². The lowest BCUT2D eigenvalue weighted by atomic mass is 10.1. The summed E-state index contributed by atoms with van der Waals surface area (Å²) >= 11 is 6.16. The van der Waals surface area contributed by atoms with Gasteiger partial charge in [0.25, 0.3) is 5.71 Å². The predicted molar refractivity (Wildman–Crippen MR) is 85.9 cm³/mol. The molecule has 0 spiro atoms. The SMILES string of the molecule is Cc1cn2c(n1)C[N+]([O-])=C(c1ncccn1)c1cc(Cl)ccc1-2. The van der Waals surface area contributed by atoms with Crippen LogP contribution in [-0.2, 0) is 6.54 Å². The van der Waals surface area contributed by atoms with Gasteiger partial charge in [0, 0.05) is 23.6 Å². The number of halogens is 1. The van der Waals surface area contributed by atoms with Gasteiger partial charge in [0.05, 0.1) is 16.9 Å². The molecule has 3 aromatic rings. The highest BCUT2D eigenvalue weighted by molar-refractivity contribution is 6.31. The third-order valence-electron chi connectivity index (χ3n) is 3.68. The summed E-state index contributed by atoms with van der Waals surface area (Å²) < 4.78 is 2.79. The van der Waals surface area contributed by atoms with Crippen molar-refractivity contribution in [3.05, 3.63) is 76.0 Å². The van der Waals surface area contributed by atoms with Crippen molar-refractivity contribution in [2.45, 2.75) is 13.5 Å². The second kappa shape index (κ2) is 5.17. The van der Waals surface area contributed by atoms with Crippen LogP contribution in [0.15, 0.2) is 42.9 Å². The zero-order chi connectivity index (χ0) is 16.0. The van der Waals surface area contributed by atoms with E-state index < -0.39 is 0 Å². The van der Waals surface area contributed by atoms with Gasteiger partial charge >= 0.3 is 0 Å². The molecule has 7 heteroatoms. The molecule has 6 nitrogen and oxygen atoms in total. The van der Waals surface area contributed by atoms with Crippen LogP contribution >= 0.6 is 11.6 Å². The van der Waals surface area contributed by atoms with Gasteiger partial charge in [0.2, 0.25) is 12.4 Å². The van der Waals surface area contributed by atoms with Gasteiger partial charge in [0.1, 0.15) is 0 Å². The molecule has 2 aromatic heterocycles. The van der Waals surface area contributed by atoms with E-state index in [9.17, 15) is 5.21 Å². The fraction of sp³-hybridized carbons (Fsp3) is 0.125. The summed E-state index contributed by atoms with van der Waals surface area (Å²) in [6.07, 6.45) is 5.13. The molecule has 3 heterocycles. The van der Waals surface area contributed by atoms with E-state index in [1.165, 1.54) is 0 Å². The lowest BCUT2D eigenvalue weighted by molar-refractivity contribution is -0.475. The number of hydroxylamine groups is 1. The summed E-state index contributed by atoms with van der Waals surface area (Å²) in [5.74, 6) is 1.04. The van der Waals surface area contributed by atoms with Crippen molar-refractivity contribution in [2.75, 3.05) is 0 Å². The zero-order valence-electron chi connectivity index (χ0n) is 12.3. The number of rotatable bonds is 1. The molecule has 114 valence electrons. The number of aromatic nitrogens is 4. The van der Waals surface area contributed by atoms with Gasteiger partial charge in [-0.3, -0.25) is 4.57 Å². The highest BCUT2D eigenvalue weighted by Gasteiger charge is 2.29. The van der Waals surface area contributed by atoms with E-state index in [1.54, 1.807) is 30.6 Å². The molecule has 0 aliphatic carbocycles. The quantitative estimate of drug-likeness (QED) is 0.509. The Bertz CT molecular complexity index is 933.